The summed E-state index contributed by atoms with van der Waals surface area (Å²) >= 11 is 0. The lowest BCUT2D eigenvalue weighted by molar-refractivity contribution is 0.293. The van der Waals surface area contributed by atoms with Crippen molar-refractivity contribution in [3.63, 3.8) is 0 Å². The first-order chi connectivity index (χ1) is 6.40. The molecule has 0 aliphatic rings. The van der Waals surface area contributed by atoms with Gasteiger partial charge in [-0.1, -0.05) is 34.6 Å². The number of hydrogen-bond donors (Lipinski definition) is 1. The molecule has 0 bridgehead atoms. The molecule has 0 radical (unpaired) electrons. The molecule has 0 spiro atoms. The Morgan fingerprint density at radius 2 is 2.00 bits per heavy atom. The monoisotopic (exact) mass is 195 g/mol. The molecule has 14 heavy (non-hydrogen) atoms. The topological polar surface area (TPSA) is 41.6 Å². The molecule has 0 saturated carbocycles. The SMILES string of the molecule is CC(C)C(CC(C)(C)C)c1ncn[nH]1. The zero-order chi connectivity index (χ0) is 10.8. The van der Waals surface area contributed by atoms with E-state index in [0.717, 1.165) is 12.2 Å². The minimum absolute atomic E-state index is 0.335. The third-order valence-corrected chi connectivity index (χ3v) is 2.42. The van der Waals surface area contributed by atoms with Crippen molar-refractivity contribution >= 4 is 0 Å². The number of rotatable bonds is 3. The summed E-state index contributed by atoms with van der Waals surface area (Å²) in [7, 11) is 0. The minimum atomic E-state index is 0.335. The van der Waals surface area contributed by atoms with E-state index in [-0.39, 0.29) is 0 Å². The van der Waals surface area contributed by atoms with Crippen LogP contribution in [0.1, 0.15) is 52.8 Å². The van der Waals surface area contributed by atoms with Crippen molar-refractivity contribution in [1.82, 2.24) is 15.2 Å². The van der Waals surface area contributed by atoms with E-state index in [0.29, 0.717) is 17.3 Å². The molecular formula is C11H21N3. The van der Waals surface area contributed by atoms with Gasteiger partial charge in [-0.2, -0.15) is 5.10 Å². The zero-order valence-corrected chi connectivity index (χ0v) is 9.83. The Labute approximate surface area is 86.3 Å². The summed E-state index contributed by atoms with van der Waals surface area (Å²) in [5.41, 5.74) is 0.335. The van der Waals surface area contributed by atoms with Crippen LogP contribution in [-0.2, 0) is 0 Å². The van der Waals surface area contributed by atoms with Gasteiger partial charge in [0.15, 0.2) is 0 Å². The quantitative estimate of drug-likeness (QED) is 0.805. The lowest BCUT2D eigenvalue weighted by Crippen LogP contribution is -2.17. The first-order valence-corrected chi connectivity index (χ1v) is 5.25. The van der Waals surface area contributed by atoms with Crippen molar-refractivity contribution in [2.45, 2.75) is 47.0 Å². The van der Waals surface area contributed by atoms with Crippen LogP contribution in [0.5, 0.6) is 0 Å². The normalized spacial score (nSPS) is 14.7. The highest BCUT2D eigenvalue weighted by atomic mass is 15.2. The van der Waals surface area contributed by atoms with E-state index in [1.165, 1.54) is 0 Å². The van der Waals surface area contributed by atoms with Gasteiger partial charge in [-0.15, -0.1) is 0 Å². The Bertz CT molecular complexity index is 257. The van der Waals surface area contributed by atoms with Gasteiger partial charge in [0.1, 0.15) is 12.2 Å². The summed E-state index contributed by atoms with van der Waals surface area (Å²) in [6.07, 6.45) is 2.73. The summed E-state index contributed by atoms with van der Waals surface area (Å²) in [6, 6.07) is 0. The Morgan fingerprint density at radius 3 is 2.36 bits per heavy atom. The van der Waals surface area contributed by atoms with Crippen molar-refractivity contribution in [3.05, 3.63) is 12.2 Å². The summed E-state index contributed by atoms with van der Waals surface area (Å²) in [5, 5.41) is 6.90. The van der Waals surface area contributed by atoms with Crippen molar-refractivity contribution in [2.24, 2.45) is 11.3 Å². The van der Waals surface area contributed by atoms with Crippen molar-refractivity contribution in [3.8, 4) is 0 Å². The molecule has 1 aromatic heterocycles. The Balaban J connectivity index is 2.76. The standard InChI is InChI=1S/C11H21N3/c1-8(2)9(6-11(3,4)5)10-12-7-13-14-10/h7-9H,6H2,1-5H3,(H,12,13,14). The van der Waals surface area contributed by atoms with Crippen LogP contribution in [0.15, 0.2) is 6.33 Å². The van der Waals surface area contributed by atoms with Gasteiger partial charge in [0, 0.05) is 5.92 Å². The van der Waals surface area contributed by atoms with Crippen molar-refractivity contribution in [1.29, 1.82) is 0 Å². The fourth-order valence-corrected chi connectivity index (χ4v) is 1.70. The molecule has 80 valence electrons. The average Bonchev–Trinajstić information content (AvgIpc) is 2.49. The molecule has 3 heteroatoms. The molecule has 0 fully saturated rings. The van der Waals surface area contributed by atoms with Crippen LogP contribution in [0, 0.1) is 11.3 Å². The predicted octanol–water partition coefficient (Wildman–Crippen LogP) is 2.98. The number of hydrogen-bond acceptors (Lipinski definition) is 2. The van der Waals surface area contributed by atoms with Crippen LogP contribution >= 0.6 is 0 Å². The highest BCUT2D eigenvalue weighted by Crippen LogP contribution is 2.34. The highest BCUT2D eigenvalue weighted by Gasteiger charge is 2.24. The Kier molecular flexibility index (Phi) is 3.29. The third kappa shape index (κ3) is 3.13. The smallest absolute Gasteiger partial charge is 0.137 e. The van der Waals surface area contributed by atoms with E-state index in [4.69, 9.17) is 0 Å². The number of aromatic nitrogens is 3. The van der Waals surface area contributed by atoms with Gasteiger partial charge in [0.25, 0.3) is 0 Å². The summed E-state index contributed by atoms with van der Waals surface area (Å²) in [4.78, 5) is 4.26. The second-order valence-electron chi connectivity index (χ2n) is 5.49. The van der Waals surface area contributed by atoms with E-state index in [2.05, 4.69) is 49.8 Å². The second kappa shape index (κ2) is 4.11. The Hall–Kier alpha value is -0.860. The molecule has 0 amide bonds. The third-order valence-electron chi connectivity index (χ3n) is 2.42. The maximum Gasteiger partial charge on any atom is 0.137 e. The van der Waals surface area contributed by atoms with Crippen molar-refractivity contribution in [2.75, 3.05) is 0 Å². The molecular weight excluding hydrogens is 174 g/mol. The minimum Gasteiger partial charge on any atom is -0.263 e. The Morgan fingerprint density at radius 1 is 1.36 bits per heavy atom. The molecule has 1 rings (SSSR count). The molecule has 0 aliphatic heterocycles. The molecule has 1 aromatic rings. The summed E-state index contributed by atoms with van der Waals surface area (Å²) < 4.78 is 0. The first kappa shape index (κ1) is 11.2. The first-order valence-electron chi connectivity index (χ1n) is 5.25. The number of nitrogens with one attached hydrogen (secondary N) is 1. The lowest BCUT2D eigenvalue weighted by atomic mass is 9.79. The van der Waals surface area contributed by atoms with Gasteiger partial charge < -0.3 is 0 Å². The van der Waals surface area contributed by atoms with E-state index in [1.54, 1.807) is 6.33 Å². The zero-order valence-electron chi connectivity index (χ0n) is 9.83. The van der Waals surface area contributed by atoms with Crippen LogP contribution in [-0.4, -0.2) is 15.2 Å². The number of H-pyrrole nitrogens is 1. The lowest BCUT2D eigenvalue weighted by Gasteiger charge is -2.27. The van der Waals surface area contributed by atoms with Gasteiger partial charge in [-0.05, 0) is 17.8 Å². The van der Waals surface area contributed by atoms with Crippen LogP contribution in [0.25, 0.3) is 0 Å². The summed E-state index contributed by atoms with van der Waals surface area (Å²) in [6.45, 7) is 11.3. The predicted molar refractivity (Wildman–Crippen MR) is 58.0 cm³/mol. The molecule has 3 nitrogen and oxygen atoms in total. The van der Waals surface area contributed by atoms with Crippen LogP contribution in [0.2, 0.25) is 0 Å². The van der Waals surface area contributed by atoms with Gasteiger partial charge in [-0.25, -0.2) is 4.98 Å². The van der Waals surface area contributed by atoms with Gasteiger partial charge in [-0.3, -0.25) is 5.10 Å². The molecule has 1 unspecified atom stereocenters. The van der Waals surface area contributed by atoms with Crippen LogP contribution < -0.4 is 0 Å². The molecule has 0 aromatic carbocycles. The van der Waals surface area contributed by atoms with Crippen molar-refractivity contribution < 1.29 is 0 Å². The maximum absolute atomic E-state index is 4.26. The van der Waals surface area contributed by atoms with E-state index < -0.39 is 0 Å². The number of nitrogens with zero attached hydrogens (tertiary/aromatic N) is 2. The molecule has 1 heterocycles. The number of aromatic amines is 1. The van der Waals surface area contributed by atoms with Crippen LogP contribution in [0.3, 0.4) is 0 Å². The fraction of sp³-hybridized carbons (Fsp3) is 0.818. The largest absolute Gasteiger partial charge is 0.263 e. The van der Waals surface area contributed by atoms with Gasteiger partial charge >= 0.3 is 0 Å². The van der Waals surface area contributed by atoms with E-state index >= 15 is 0 Å². The van der Waals surface area contributed by atoms with E-state index in [1.807, 2.05) is 0 Å². The molecule has 0 saturated heterocycles. The maximum atomic E-state index is 4.26. The molecule has 1 N–H and O–H groups in total. The second-order valence-corrected chi connectivity index (χ2v) is 5.49. The molecule has 1 atom stereocenters. The van der Waals surface area contributed by atoms with E-state index in [9.17, 15) is 0 Å². The average molecular weight is 195 g/mol. The highest BCUT2D eigenvalue weighted by molar-refractivity contribution is 4.96. The molecule has 0 aliphatic carbocycles. The van der Waals surface area contributed by atoms with Gasteiger partial charge in [0.05, 0.1) is 0 Å². The van der Waals surface area contributed by atoms with Crippen LogP contribution in [0.4, 0.5) is 0 Å². The summed E-state index contributed by atoms with van der Waals surface area (Å²) in [5.74, 6) is 2.11. The fourth-order valence-electron chi connectivity index (χ4n) is 1.70. The van der Waals surface area contributed by atoms with Gasteiger partial charge in [0.2, 0.25) is 0 Å².